The molecule has 2 saturated heterocycles. The molecule has 2 aromatic heterocycles. The number of nitrogens with zero attached hydrogens (tertiary/aromatic N) is 3. The predicted molar refractivity (Wildman–Crippen MR) is 182 cm³/mol. The third kappa shape index (κ3) is 5.17. The number of carbonyl (C=O) groups excluding carboxylic acids is 1. The van der Waals surface area contributed by atoms with Crippen molar-refractivity contribution in [2.24, 2.45) is 0 Å². The highest BCUT2D eigenvalue weighted by atomic mass is 19.1. The van der Waals surface area contributed by atoms with E-state index in [0.29, 0.717) is 66.5 Å². The number of likely N-dealkylation sites (tertiary alicyclic amines) is 1. The van der Waals surface area contributed by atoms with E-state index in [-0.39, 0.29) is 27.6 Å². The smallest absolute Gasteiger partial charge is 0.256 e. The molecule has 2 N–H and O–H groups in total. The van der Waals surface area contributed by atoms with Crippen LogP contribution in [-0.4, -0.2) is 85.7 Å². The Morgan fingerprint density at radius 1 is 1.04 bits per heavy atom. The number of anilines is 1. The van der Waals surface area contributed by atoms with E-state index in [1.54, 1.807) is 16.7 Å². The van der Waals surface area contributed by atoms with Crippen molar-refractivity contribution in [1.29, 1.82) is 0 Å². The molecule has 0 saturated carbocycles. The highest BCUT2D eigenvalue weighted by Crippen LogP contribution is 2.36. The summed E-state index contributed by atoms with van der Waals surface area (Å²) in [5.74, 6) is -1.15. The maximum Gasteiger partial charge on any atom is 0.256 e. The van der Waals surface area contributed by atoms with Crippen LogP contribution in [0.25, 0.3) is 44.4 Å². The lowest BCUT2D eigenvalue weighted by Crippen LogP contribution is -2.39. The van der Waals surface area contributed by atoms with Gasteiger partial charge in [-0.25, -0.2) is 4.39 Å². The third-order valence-electron chi connectivity index (χ3n) is 10.3. The Kier molecular flexibility index (Phi) is 7.70. The Hall–Kier alpha value is -4.32. The molecule has 8 rings (SSSR count). The number of hydrogen-bond donors (Lipinski definition) is 2. The van der Waals surface area contributed by atoms with Crippen molar-refractivity contribution in [3.63, 3.8) is 0 Å². The van der Waals surface area contributed by atoms with Gasteiger partial charge in [-0.15, -0.1) is 0 Å². The zero-order valence-corrected chi connectivity index (χ0v) is 26.5. The van der Waals surface area contributed by atoms with Crippen LogP contribution in [0.15, 0.2) is 44.5 Å². The molecule has 0 bridgehead atoms. The Labute approximate surface area is 270 Å². The van der Waals surface area contributed by atoms with Crippen LogP contribution in [0, 0.1) is 5.82 Å². The fraction of sp³-hybridized carbons (Fsp3) is 0.417. The van der Waals surface area contributed by atoms with Crippen molar-refractivity contribution in [2.45, 2.75) is 38.1 Å². The van der Waals surface area contributed by atoms with E-state index in [0.717, 1.165) is 62.7 Å². The Bertz CT molecular complexity index is 2180. The number of rotatable bonds is 8. The second-order valence-electron chi connectivity index (χ2n) is 13.0. The Morgan fingerprint density at radius 2 is 1.89 bits per heavy atom. The molecule has 244 valence electrons. The van der Waals surface area contributed by atoms with Gasteiger partial charge in [0.25, 0.3) is 5.91 Å². The molecule has 1 unspecified atom stereocenters. The first-order valence-corrected chi connectivity index (χ1v) is 16.6. The summed E-state index contributed by atoms with van der Waals surface area (Å²) < 4.78 is 29.6. The molecule has 2 fully saturated rings. The topological polar surface area (TPSA) is 109 Å². The van der Waals surface area contributed by atoms with Crippen molar-refractivity contribution in [3.05, 3.63) is 73.4 Å². The summed E-state index contributed by atoms with van der Waals surface area (Å²) in [6.07, 6.45) is 10.0. The lowest BCUT2D eigenvalue weighted by Gasteiger charge is -2.26. The number of hydrogen-bond acceptors (Lipinski definition) is 8. The normalized spacial score (nSPS) is 19.0. The number of halogens is 1. The van der Waals surface area contributed by atoms with Crippen LogP contribution in [0.4, 0.5) is 10.1 Å². The molecule has 4 heterocycles. The first-order chi connectivity index (χ1) is 22.9. The molecular weight excluding hydrogens is 601 g/mol. The van der Waals surface area contributed by atoms with Gasteiger partial charge >= 0.3 is 0 Å². The number of morpholine rings is 1. The molecule has 1 atom stereocenters. The van der Waals surface area contributed by atoms with Crippen LogP contribution in [0.3, 0.4) is 0 Å². The number of ether oxygens (including phenoxy) is 1. The molecule has 47 heavy (non-hydrogen) atoms. The minimum atomic E-state index is -0.650. The quantitative estimate of drug-likeness (QED) is 0.192. The number of aryl methyl sites for hydroxylation is 1. The number of nitrogens with one attached hydrogen (secondary N) is 2. The molecule has 0 spiro atoms. The minimum Gasteiger partial charge on any atom is -0.451 e. The van der Waals surface area contributed by atoms with E-state index >= 15 is 4.39 Å². The molecule has 11 heteroatoms. The van der Waals surface area contributed by atoms with E-state index in [1.165, 1.54) is 6.07 Å². The monoisotopic (exact) mass is 639 g/mol. The molecule has 5 aromatic rings. The third-order valence-corrected chi connectivity index (χ3v) is 10.3. The highest BCUT2D eigenvalue weighted by molar-refractivity contribution is 6.08. The number of benzene rings is 2. The summed E-state index contributed by atoms with van der Waals surface area (Å²) in [5.41, 5.74) is 2.59. The van der Waals surface area contributed by atoms with Crippen molar-refractivity contribution in [2.75, 3.05) is 64.8 Å². The van der Waals surface area contributed by atoms with Crippen LogP contribution >= 0.6 is 0 Å². The summed E-state index contributed by atoms with van der Waals surface area (Å²) in [6, 6.07) is 5.22. The van der Waals surface area contributed by atoms with Gasteiger partial charge in [0.05, 0.1) is 24.1 Å². The SMILES string of the molecule is CN1CCCC1CCNC(=O)c1cn2c3cc4c5c(c(=O)c4cc3oc3c(NCCN4CCOCC4)c(F)cc(c1=O)c32)C=CCC5. The van der Waals surface area contributed by atoms with Crippen LogP contribution < -0.4 is 21.5 Å². The van der Waals surface area contributed by atoms with Gasteiger partial charge < -0.3 is 29.1 Å². The lowest BCUT2D eigenvalue weighted by atomic mass is 10.00. The highest BCUT2D eigenvalue weighted by Gasteiger charge is 2.26. The van der Waals surface area contributed by atoms with E-state index < -0.39 is 17.2 Å². The minimum absolute atomic E-state index is 0.0575. The maximum atomic E-state index is 16.0. The van der Waals surface area contributed by atoms with E-state index in [2.05, 4.69) is 27.5 Å². The fourth-order valence-electron chi connectivity index (χ4n) is 7.68. The van der Waals surface area contributed by atoms with Crippen LogP contribution in [0.1, 0.15) is 47.2 Å². The second-order valence-corrected chi connectivity index (χ2v) is 13.0. The maximum absolute atomic E-state index is 16.0. The molecule has 3 aliphatic rings. The van der Waals surface area contributed by atoms with Crippen LogP contribution in [0.2, 0.25) is 0 Å². The predicted octanol–water partition coefficient (Wildman–Crippen LogP) is 4.21. The van der Waals surface area contributed by atoms with Crippen LogP contribution in [-0.2, 0) is 11.2 Å². The van der Waals surface area contributed by atoms with Gasteiger partial charge in [-0.1, -0.05) is 12.2 Å². The average Bonchev–Trinajstić information content (AvgIpc) is 3.62. The zero-order chi connectivity index (χ0) is 32.2. The molecular formula is C36H38FN5O5. The summed E-state index contributed by atoms with van der Waals surface area (Å²) in [7, 11) is 2.09. The van der Waals surface area contributed by atoms with E-state index in [1.807, 2.05) is 18.2 Å². The number of fused-ring (bicyclic) bond motifs is 5. The van der Waals surface area contributed by atoms with Gasteiger partial charge in [0.15, 0.2) is 22.4 Å². The fourth-order valence-corrected chi connectivity index (χ4v) is 7.68. The van der Waals surface area contributed by atoms with Crippen molar-refractivity contribution >= 4 is 56.0 Å². The van der Waals surface area contributed by atoms with Crippen molar-refractivity contribution in [1.82, 2.24) is 19.5 Å². The summed E-state index contributed by atoms with van der Waals surface area (Å²) >= 11 is 0. The van der Waals surface area contributed by atoms with Gasteiger partial charge in [-0.3, -0.25) is 19.3 Å². The number of amides is 1. The molecule has 1 amide bonds. The molecule has 0 radical (unpaired) electrons. The summed E-state index contributed by atoms with van der Waals surface area (Å²) in [6.45, 7) is 5.50. The van der Waals surface area contributed by atoms with E-state index in [4.69, 9.17) is 9.15 Å². The van der Waals surface area contributed by atoms with Gasteiger partial charge in [-0.2, -0.15) is 0 Å². The van der Waals surface area contributed by atoms with Gasteiger partial charge in [0.2, 0.25) is 5.43 Å². The summed E-state index contributed by atoms with van der Waals surface area (Å²) in [5, 5.41) is 7.57. The zero-order valence-electron chi connectivity index (χ0n) is 26.5. The number of pyridine rings is 1. The number of allylic oxidation sites excluding steroid dienone is 1. The second kappa shape index (κ2) is 12.0. The molecule has 1 aliphatic carbocycles. The lowest BCUT2D eigenvalue weighted by molar-refractivity contribution is 0.0398. The molecule has 10 nitrogen and oxygen atoms in total. The number of carbonyl (C=O) groups is 1. The van der Waals surface area contributed by atoms with Gasteiger partial charge in [0.1, 0.15) is 16.8 Å². The standard InChI is InChI=1S/C36H38FN5O5/c1-40-11-4-5-21(40)8-9-39-36(45)27-20-42-29-18-24-22-6-2-3-7-23(22)33(43)25(24)19-30(29)47-35-31(28(37)17-26(32(35)42)34(27)44)38-10-12-41-13-15-46-16-14-41/h3,7,17-21,38H,2,4-6,8-16H2,1H3,(H,39,45). The summed E-state index contributed by atoms with van der Waals surface area (Å²) in [4.78, 5) is 45.4. The number of aromatic nitrogens is 1. The Balaban J connectivity index is 1.27. The molecule has 3 aromatic carbocycles. The van der Waals surface area contributed by atoms with Gasteiger partial charge in [0, 0.05) is 55.9 Å². The Morgan fingerprint density at radius 3 is 2.70 bits per heavy atom. The van der Waals surface area contributed by atoms with Crippen LogP contribution in [0.5, 0.6) is 0 Å². The van der Waals surface area contributed by atoms with E-state index in [9.17, 15) is 14.4 Å². The largest absolute Gasteiger partial charge is 0.451 e. The first-order valence-electron chi connectivity index (χ1n) is 16.6. The first kappa shape index (κ1) is 30.0. The van der Waals surface area contributed by atoms with Gasteiger partial charge in [-0.05, 0) is 74.8 Å². The van der Waals surface area contributed by atoms with Crippen molar-refractivity contribution < 1.29 is 18.3 Å². The average molecular weight is 640 g/mol. The van der Waals surface area contributed by atoms with Crippen molar-refractivity contribution in [3.8, 4) is 0 Å². The molecule has 2 aliphatic heterocycles.